The average molecular weight is 219 g/mol. The molecule has 4 atom stereocenters. The summed E-state index contributed by atoms with van der Waals surface area (Å²) >= 11 is 0. The first-order valence-corrected chi connectivity index (χ1v) is 5.96. The molecule has 0 spiro atoms. The van der Waals surface area contributed by atoms with E-state index in [2.05, 4.69) is 5.10 Å². The van der Waals surface area contributed by atoms with Crippen molar-refractivity contribution >= 4 is 5.78 Å². The lowest BCUT2D eigenvalue weighted by Crippen LogP contribution is -2.40. The third-order valence-electron chi connectivity index (χ3n) is 4.25. The Bertz CT molecular complexity index is 424. The molecule has 2 bridgehead atoms. The summed E-state index contributed by atoms with van der Waals surface area (Å²) in [6.45, 7) is 0. The molecule has 3 rings (SSSR count). The summed E-state index contributed by atoms with van der Waals surface area (Å²) in [5.41, 5.74) is 6.73. The summed E-state index contributed by atoms with van der Waals surface area (Å²) in [5.74, 6) is 1.26. The lowest BCUT2D eigenvalue weighted by atomic mass is 9.81. The van der Waals surface area contributed by atoms with Crippen LogP contribution in [0.4, 0.5) is 0 Å². The van der Waals surface area contributed by atoms with E-state index in [0.29, 0.717) is 17.5 Å². The van der Waals surface area contributed by atoms with E-state index in [0.717, 1.165) is 6.42 Å². The van der Waals surface area contributed by atoms with Gasteiger partial charge >= 0.3 is 0 Å². The van der Waals surface area contributed by atoms with E-state index < -0.39 is 0 Å². The maximum absolute atomic E-state index is 12.3. The smallest absolute Gasteiger partial charge is 0.187 e. The van der Waals surface area contributed by atoms with Crippen molar-refractivity contribution in [2.24, 2.45) is 30.5 Å². The minimum absolute atomic E-state index is 0.0219. The van der Waals surface area contributed by atoms with E-state index in [-0.39, 0.29) is 17.7 Å². The molecule has 2 N–H and O–H groups in total. The molecule has 0 aliphatic heterocycles. The summed E-state index contributed by atoms with van der Waals surface area (Å²) in [6.07, 6.45) is 5.33. The molecule has 2 aliphatic rings. The van der Waals surface area contributed by atoms with E-state index in [9.17, 15) is 4.79 Å². The highest BCUT2D eigenvalue weighted by Gasteiger charge is 2.49. The van der Waals surface area contributed by atoms with Crippen molar-refractivity contribution in [3.05, 3.63) is 18.0 Å². The molecule has 1 aromatic rings. The molecule has 4 unspecified atom stereocenters. The molecule has 86 valence electrons. The van der Waals surface area contributed by atoms with Crippen LogP contribution in [0.2, 0.25) is 0 Å². The number of nitrogens with zero attached hydrogens (tertiary/aromatic N) is 2. The zero-order valence-electron chi connectivity index (χ0n) is 9.47. The fourth-order valence-corrected chi connectivity index (χ4v) is 3.44. The van der Waals surface area contributed by atoms with Gasteiger partial charge in [0.1, 0.15) is 5.69 Å². The summed E-state index contributed by atoms with van der Waals surface area (Å²) in [5, 5.41) is 4.18. The lowest BCUT2D eigenvalue weighted by Gasteiger charge is -2.26. The molecule has 1 heterocycles. The van der Waals surface area contributed by atoms with Crippen LogP contribution in [0.3, 0.4) is 0 Å². The molecule has 0 aromatic carbocycles. The van der Waals surface area contributed by atoms with Crippen molar-refractivity contribution in [1.29, 1.82) is 0 Å². The first-order valence-electron chi connectivity index (χ1n) is 5.96. The number of rotatable bonds is 2. The molecule has 1 aromatic heterocycles. The molecule has 0 amide bonds. The predicted octanol–water partition coefficient (Wildman–Crippen LogP) is 0.976. The van der Waals surface area contributed by atoms with E-state index in [1.165, 1.54) is 12.8 Å². The first-order chi connectivity index (χ1) is 7.66. The van der Waals surface area contributed by atoms with Gasteiger partial charge in [0.05, 0.1) is 0 Å². The standard InChI is InChI=1S/C12H17N3O/c1-15-5-4-9(14-15)12(16)10-7-2-3-8(6-7)11(10)13/h4-5,7-8,10-11H,2-3,6,13H2,1H3. The fourth-order valence-electron chi connectivity index (χ4n) is 3.44. The van der Waals surface area contributed by atoms with Crippen LogP contribution in [0.25, 0.3) is 0 Å². The van der Waals surface area contributed by atoms with Gasteiger partial charge in [0.25, 0.3) is 0 Å². The Morgan fingerprint density at radius 1 is 1.50 bits per heavy atom. The number of nitrogens with two attached hydrogens (primary N) is 1. The number of carbonyl (C=O) groups is 1. The minimum Gasteiger partial charge on any atom is -0.327 e. The third kappa shape index (κ3) is 1.33. The second-order valence-corrected chi connectivity index (χ2v) is 5.18. The molecule has 0 radical (unpaired) electrons. The Balaban J connectivity index is 1.86. The van der Waals surface area contributed by atoms with Crippen molar-refractivity contribution in [1.82, 2.24) is 9.78 Å². The van der Waals surface area contributed by atoms with Gasteiger partial charge in [0.15, 0.2) is 5.78 Å². The zero-order valence-corrected chi connectivity index (χ0v) is 9.47. The monoisotopic (exact) mass is 219 g/mol. The Labute approximate surface area is 94.8 Å². The largest absolute Gasteiger partial charge is 0.327 e. The van der Waals surface area contributed by atoms with Crippen LogP contribution in [0.1, 0.15) is 29.8 Å². The Morgan fingerprint density at radius 3 is 2.81 bits per heavy atom. The molecule has 2 aliphatic carbocycles. The highest BCUT2D eigenvalue weighted by Crippen LogP contribution is 2.48. The van der Waals surface area contributed by atoms with Crippen molar-refractivity contribution in [2.45, 2.75) is 25.3 Å². The summed E-state index contributed by atoms with van der Waals surface area (Å²) < 4.78 is 1.67. The highest BCUT2D eigenvalue weighted by molar-refractivity contribution is 5.97. The number of carbonyl (C=O) groups excluding carboxylic acids is 1. The number of aryl methyl sites for hydroxylation is 1. The number of ketones is 1. The topological polar surface area (TPSA) is 60.9 Å². The Morgan fingerprint density at radius 2 is 2.25 bits per heavy atom. The second-order valence-electron chi connectivity index (χ2n) is 5.18. The SMILES string of the molecule is Cn1ccc(C(=O)C2C3CCC(C3)C2N)n1. The molecule has 2 saturated carbocycles. The van der Waals surface area contributed by atoms with Crippen LogP contribution in [-0.4, -0.2) is 21.6 Å². The van der Waals surface area contributed by atoms with Gasteiger partial charge in [-0.2, -0.15) is 5.10 Å². The van der Waals surface area contributed by atoms with E-state index in [4.69, 9.17) is 5.73 Å². The van der Waals surface area contributed by atoms with Crippen LogP contribution in [0.15, 0.2) is 12.3 Å². The van der Waals surface area contributed by atoms with Crippen LogP contribution >= 0.6 is 0 Å². The van der Waals surface area contributed by atoms with Gasteiger partial charge in [-0.05, 0) is 37.2 Å². The first kappa shape index (κ1) is 10.0. The molecule has 0 saturated heterocycles. The van der Waals surface area contributed by atoms with E-state index in [1.54, 1.807) is 10.7 Å². The molecule has 2 fully saturated rings. The molecular weight excluding hydrogens is 202 g/mol. The lowest BCUT2D eigenvalue weighted by molar-refractivity contribution is 0.0850. The van der Waals surface area contributed by atoms with Gasteiger partial charge in [-0.3, -0.25) is 9.48 Å². The predicted molar refractivity (Wildman–Crippen MR) is 59.8 cm³/mol. The van der Waals surface area contributed by atoms with Gasteiger partial charge in [0.2, 0.25) is 0 Å². The summed E-state index contributed by atoms with van der Waals surface area (Å²) in [7, 11) is 1.83. The van der Waals surface area contributed by atoms with Crippen LogP contribution in [-0.2, 0) is 7.05 Å². The van der Waals surface area contributed by atoms with Crippen molar-refractivity contribution in [2.75, 3.05) is 0 Å². The molecular formula is C12H17N3O. The van der Waals surface area contributed by atoms with Crippen molar-refractivity contribution in [3.63, 3.8) is 0 Å². The van der Waals surface area contributed by atoms with Gasteiger partial charge in [-0.15, -0.1) is 0 Å². The maximum atomic E-state index is 12.3. The minimum atomic E-state index is 0.0219. The number of aromatic nitrogens is 2. The van der Waals surface area contributed by atoms with Gasteiger partial charge in [-0.1, -0.05) is 0 Å². The van der Waals surface area contributed by atoms with Crippen LogP contribution in [0.5, 0.6) is 0 Å². The quantitative estimate of drug-likeness (QED) is 0.754. The highest BCUT2D eigenvalue weighted by atomic mass is 16.1. The third-order valence-corrected chi connectivity index (χ3v) is 4.25. The molecule has 16 heavy (non-hydrogen) atoms. The van der Waals surface area contributed by atoms with E-state index in [1.807, 2.05) is 13.2 Å². The van der Waals surface area contributed by atoms with Gasteiger partial charge in [-0.25, -0.2) is 0 Å². The van der Waals surface area contributed by atoms with E-state index >= 15 is 0 Å². The van der Waals surface area contributed by atoms with Crippen molar-refractivity contribution in [3.8, 4) is 0 Å². The Hall–Kier alpha value is -1.16. The van der Waals surface area contributed by atoms with Crippen LogP contribution in [0, 0.1) is 17.8 Å². The second kappa shape index (κ2) is 3.42. The average Bonchev–Trinajstić information content (AvgIpc) is 2.92. The number of Topliss-reactive ketones (excluding diaryl/α,β-unsaturated/α-hetero) is 1. The van der Waals surface area contributed by atoms with Gasteiger partial charge in [0, 0.05) is 25.2 Å². The molecule has 4 nitrogen and oxygen atoms in total. The van der Waals surface area contributed by atoms with Crippen LogP contribution < -0.4 is 5.73 Å². The zero-order chi connectivity index (χ0) is 11.3. The summed E-state index contributed by atoms with van der Waals surface area (Å²) in [4.78, 5) is 12.3. The Kier molecular flexibility index (Phi) is 2.14. The normalized spacial score (nSPS) is 36.9. The van der Waals surface area contributed by atoms with Gasteiger partial charge < -0.3 is 5.73 Å². The fraction of sp³-hybridized carbons (Fsp3) is 0.667. The number of fused-ring (bicyclic) bond motifs is 2. The summed E-state index contributed by atoms with van der Waals surface area (Å²) in [6, 6.07) is 1.86. The number of hydrogen-bond acceptors (Lipinski definition) is 3. The molecule has 4 heteroatoms. The van der Waals surface area contributed by atoms with Crippen molar-refractivity contribution < 1.29 is 4.79 Å². The number of hydrogen-bond donors (Lipinski definition) is 1. The maximum Gasteiger partial charge on any atom is 0.187 e.